The molecule has 0 fully saturated rings. The molecule has 428 valence electrons. The first-order valence-corrected chi connectivity index (χ1v) is 31.9. The molecule has 0 aromatic heterocycles. The molecule has 0 amide bonds. The van der Waals surface area contributed by atoms with Crippen LogP contribution in [0.2, 0.25) is 0 Å². The second-order valence-corrected chi connectivity index (χ2v) is 21.3. The Hall–Kier alpha value is -3.15. The molecule has 0 N–H and O–H groups in total. The van der Waals surface area contributed by atoms with Gasteiger partial charge >= 0.3 is 17.9 Å². The number of rotatable bonds is 58. The van der Waals surface area contributed by atoms with Crippen LogP contribution in [0.5, 0.6) is 0 Å². The summed E-state index contributed by atoms with van der Waals surface area (Å²) in [5.74, 6) is -0.937. The molecule has 0 aromatic rings. The monoisotopic (exact) mass is 1030 g/mol. The smallest absolute Gasteiger partial charge is 0.306 e. The van der Waals surface area contributed by atoms with Gasteiger partial charge in [0.25, 0.3) is 0 Å². The molecular formula is C68H120O6. The van der Waals surface area contributed by atoms with E-state index < -0.39 is 6.10 Å². The van der Waals surface area contributed by atoms with Gasteiger partial charge in [-0.2, -0.15) is 0 Å². The summed E-state index contributed by atoms with van der Waals surface area (Å²) in [6.07, 6.45) is 80.7. The lowest BCUT2D eigenvalue weighted by molar-refractivity contribution is -0.167. The van der Waals surface area contributed by atoms with E-state index in [-0.39, 0.29) is 37.5 Å². The number of allylic oxidation sites excluding steroid dienone is 12. The number of esters is 3. The molecule has 0 rings (SSSR count). The van der Waals surface area contributed by atoms with Crippen LogP contribution < -0.4 is 0 Å². The van der Waals surface area contributed by atoms with Crippen LogP contribution in [0.25, 0.3) is 0 Å². The Morgan fingerprint density at radius 3 is 0.878 bits per heavy atom. The molecular weight excluding hydrogens is 913 g/mol. The van der Waals surface area contributed by atoms with Crippen LogP contribution >= 0.6 is 0 Å². The second-order valence-electron chi connectivity index (χ2n) is 21.3. The normalized spacial score (nSPS) is 12.5. The number of unbranched alkanes of at least 4 members (excludes halogenated alkanes) is 35. The van der Waals surface area contributed by atoms with Crippen molar-refractivity contribution in [2.24, 2.45) is 0 Å². The molecule has 74 heavy (non-hydrogen) atoms. The van der Waals surface area contributed by atoms with Crippen molar-refractivity contribution >= 4 is 17.9 Å². The lowest BCUT2D eigenvalue weighted by Crippen LogP contribution is -2.30. The van der Waals surface area contributed by atoms with E-state index in [1.807, 2.05) is 0 Å². The highest BCUT2D eigenvalue weighted by Crippen LogP contribution is 2.17. The van der Waals surface area contributed by atoms with Gasteiger partial charge in [-0.3, -0.25) is 14.4 Å². The first kappa shape index (κ1) is 70.8. The van der Waals surface area contributed by atoms with Gasteiger partial charge in [0.1, 0.15) is 13.2 Å². The molecule has 1 unspecified atom stereocenters. The largest absolute Gasteiger partial charge is 0.462 e. The third-order valence-corrected chi connectivity index (χ3v) is 13.9. The lowest BCUT2D eigenvalue weighted by Gasteiger charge is -2.18. The zero-order valence-electron chi connectivity index (χ0n) is 49.1. The molecule has 0 aliphatic carbocycles. The maximum Gasteiger partial charge on any atom is 0.306 e. The molecule has 0 aromatic carbocycles. The first-order chi connectivity index (χ1) is 36.5. The maximum absolute atomic E-state index is 12.9. The summed E-state index contributed by atoms with van der Waals surface area (Å²) < 4.78 is 16.9. The molecule has 6 heteroatoms. The van der Waals surface area contributed by atoms with Gasteiger partial charge in [-0.25, -0.2) is 0 Å². The van der Waals surface area contributed by atoms with Gasteiger partial charge in [-0.05, 0) is 89.9 Å². The summed E-state index contributed by atoms with van der Waals surface area (Å²) in [6.45, 7) is 6.49. The standard InChI is InChI=1S/C68H120O6/c1-4-7-10-13-16-19-22-25-28-29-30-31-32-33-34-35-36-37-38-41-43-46-49-52-55-58-61-67(70)73-64-65(74-68(71)62-59-56-53-50-47-44-40-27-24-21-18-15-12-9-6-3)63-72-66(69)60-57-54-51-48-45-42-39-26-23-20-17-14-11-8-5-2/h9,12,17-18,20-21,26-27,39-40,47,50,65H,4-8,10-11,13-16,19,22-25,28-38,41-46,48-49,51-64H2,1-3H3/b12-9-,20-17-,21-18-,39-26-,40-27-,50-47-. The molecule has 0 aliphatic rings. The number of carbonyl (C=O) groups is 3. The third kappa shape index (κ3) is 59.7. The van der Waals surface area contributed by atoms with E-state index in [4.69, 9.17) is 14.2 Å². The average molecular weight is 1030 g/mol. The fourth-order valence-electron chi connectivity index (χ4n) is 9.17. The minimum atomic E-state index is -0.803. The maximum atomic E-state index is 12.9. The topological polar surface area (TPSA) is 78.9 Å². The van der Waals surface area contributed by atoms with Crippen LogP contribution in [0, 0.1) is 0 Å². The molecule has 6 nitrogen and oxygen atoms in total. The van der Waals surface area contributed by atoms with Crippen molar-refractivity contribution in [1.29, 1.82) is 0 Å². The van der Waals surface area contributed by atoms with E-state index in [0.717, 1.165) is 103 Å². The quantitative estimate of drug-likeness (QED) is 0.0261. The Bertz CT molecular complexity index is 1370. The van der Waals surface area contributed by atoms with E-state index in [1.165, 1.54) is 173 Å². The predicted octanol–water partition coefficient (Wildman–Crippen LogP) is 21.7. The number of hydrogen-bond acceptors (Lipinski definition) is 6. The zero-order chi connectivity index (χ0) is 53.6. The van der Waals surface area contributed by atoms with Crippen molar-refractivity contribution in [3.8, 4) is 0 Å². The summed E-state index contributed by atoms with van der Waals surface area (Å²) in [4.78, 5) is 38.2. The Balaban J connectivity index is 4.29. The SMILES string of the molecule is CC/C=C\C/C=C\C/C=C\C/C=C\CCCCC(=O)OC(COC(=O)CCCCCCC/C=C\C/C=C\CCCCC)COC(=O)CCCCCCCCCCCCCCCCCCCCCCCCCCCC. The molecule has 0 bridgehead atoms. The third-order valence-electron chi connectivity index (χ3n) is 13.9. The Labute approximate surface area is 459 Å². The number of carbonyl (C=O) groups excluding carboxylic acids is 3. The Morgan fingerprint density at radius 1 is 0.284 bits per heavy atom. The number of hydrogen-bond donors (Lipinski definition) is 0. The van der Waals surface area contributed by atoms with Crippen molar-refractivity contribution < 1.29 is 28.6 Å². The molecule has 0 heterocycles. The summed E-state index contributed by atoms with van der Waals surface area (Å²) in [6, 6.07) is 0. The highest BCUT2D eigenvalue weighted by molar-refractivity contribution is 5.71. The minimum absolute atomic E-state index is 0.0943. The highest BCUT2D eigenvalue weighted by Gasteiger charge is 2.19. The second kappa shape index (κ2) is 62.4. The summed E-state index contributed by atoms with van der Waals surface area (Å²) in [7, 11) is 0. The van der Waals surface area contributed by atoms with Crippen molar-refractivity contribution in [2.75, 3.05) is 13.2 Å². The summed E-state index contributed by atoms with van der Waals surface area (Å²) in [5, 5.41) is 0. The van der Waals surface area contributed by atoms with Crippen molar-refractivity contribution in [3.63, 3.8) is 0 Å². The highest BCUT2D eigenvalue weighted by atomic mass is 16.6. The average Bonchev–Trinajstić information content (AvgIpc) is 3.40. The van der Waals surface area contributed by atoms with E-state index in [9.17, 15) is 14.4 Å². The van der Waals surface area contributed by atoms with E-state index in [2.05, 4.69) is 93.7 Å². The van der Waals surface area contributed by atoms with Gasteiger partial charge in [0.05, 0.1) is 0 Å². The van der Waals surface area contributed by atoms with Crippen LogP contribution in [0.1, 0.15) is 323 Å². The minimum Gasteiger partial charge on any atom is -0.462 e. The molecule has 0 saturated carbocycles. The first-order valence-electron chi connectivity index (χ1n) is 31.9. The van der Waals surface area contributed by atoms with Crippen LogP contribution in [-0.2, 0) is 28.6 Å². The van der Waals surface area contributed by atoms with Crippen LogP contribution in [0.3, 0.4) is 0 Å². The fourth-order valence-corrected chi connectivity index (χ4v) is 9.17. The van der Waals surface area contributed by atoms with Gasteiger partial charge < -0.3 is 14.2 Å². The van der Waals surface area contributed by atoms with Gasteiger partial charge in [-0.1, -0.05) is 286 Å². The summed E-state index contributed by atoms with van der Waals surface area (Å²) in [5.41, 5.74) is 0. The zero-order valence-corrected chi connectivity index (χ0v) is 49.1. The molecule has 1 atom stereocenters. The van der Waals surface area contributed by atoms with E-state index in [0.29, 0.717) is 19.3 Å². The Kier molecular flexibility index (Phi) is 59.7. The van der Waals surface area contributed by atoms with Crippen LogP contribution in [0.15, 0.2) is 72.9 Å². The van der Waals surface area contributed by atoms with Gasteiger partial charge in [0.15, 0.2) is 6.10 Å². The molecule has 0 aliphatic heterocycles. The molecule has 0 spiro atoms. The Morgan fingerprint density at radius 2 is 0.527 bits per heavy atom. The molecule has 0 radical (unpaired) electrons. The van der Waals surface area contributed by atoms with Crippen molar-refractivity contribution in [1.82, 2.24) is 0 Å². The van der Waals surface area contributed by atoms with Gasteiger partial charge in [-0.15, -0.1) is 0 Å². The predicted molar refractivity (Wildman–Crippen MR) is 321 cm³/mol. The molecule has 0 saturated heterocycles. The summed E-state index contributed by atoms with van der Waals surface area (Å²) >= 11 is 0. The van der Waals surface area contributed by atoms with Crippen molar-refractivity contribution in [2.45, 2.75) is 329 Å². The van der Waals surface area contributed by atoms with Crippen molar-refractivity contribution in [3.05, 3.63) is 72.9 Å². The van der Waals surface area contributed by atoms with Gasteiger partial charge in [0.2, 0.25) is 0 Å². The van der Waals surface area contributed by atoms with E-state index >= 15 is 0 Å². The van der Waals surface area contributed by atoms with Crippen LogP contribution in [-0.4, -0.2) is 37.2 Å². The van der Waals surface area contributed by atoms with Crippen LogP contribution in [0.4, 0.5) is 0 Å². The fraction of sp³-hybridized carbons (Fsp3) is 0.779. The van der Waals surface area contributed by atoms with E-state index in [1.54, 1.807) is 0 Å². The van der Waals surface area contributed by atoms with Gasteiger partial charge in [0, 0.05) is 19.3 Å². The number of ether oxygens (including phenoxy) is 3. The lowest BCUT2D eigenvalue weighted by atomic mass is 10.0.